The van der Waals surface area contributed by atoms with Crippen LogP contribution in [0.15, 0.2) is 42.0 Å². The minimum Gasteiger partial charge on any atom is -0.349 e. The van der Waals surface area contributed by atoms with Gasteiger partial charge in [0.15, 0.2) is 5.13 Å². The number of thiazole rings is 1. The van der Waals surface area contributed by atoms with Gasteiger partial charge in [-0.3, -0.25) is 9.78 Å². The number of nitrogens with one attached hydrogen (secondary N) is 1. The molecule has 126 valence electrons. The molecule has 5 rings (SSSR count). The maximum atomic E-state index is 12.7. The first-order valence-electron chi connectivity index (χ1n) is 8.50. The lowest BCUT2D eigenvalue weighted by molar-refractivity contribution is -0.120. The van der Waals surface area contributed by atoms with E-state index >= 15 is 0 Å². The number of fused-ring (bicyclic) bond motifs is 3. The quantitative estimate of drug-likeness (QED) is 0.785. The van der Waals surface area contributed by atoms with Crippen molar-refractivity contribution in [2.24, 2.45) is 5.92 Å². The highest BCUT2D eigenvalue weighted by Gasteiger charge is 2.49. The summed E-state index contributed by atoms with van der Waals surface area (Å²) in [5, 5.41) is 5.50. The molecule has 25 heavy (non-hydrogen) atoms. The van der Waals surface area contributed by atoms with E-state index in [4.69, 9.17) is 4.98 Å². The molecule has 1 N–H and O–H groups in total. The van der Waals surface area contributed by atoms with Crippen molar-refractivity contribution in [1.82, 2.24) is 15.0 Å². The SMILES string of the molecule is O=C(Nc1nccs1)[C@H]1C[C@H]2CC[C@H]1N2c1cnc2ccccc2n1. The Morgan fingerprint density at radius 2 is 2.08 bits per heavy atom. The van der Waals surface area contributed by atoms with E-state index in [-0.39, 0.29) is 17.9 Å². The smallest absolute Gasteiger partial charge is 0.231 e. The van der Waals surface area contributed by atoms with Crippen LogP contribution in [0.4, 0.5) is 10.9 Å². The number of aromatic nitrogens is 3. The van der Waals surface area contributed by atoms with Crippen molar-refractivity contribution in [3.63, 3.8) is 0 Å². The molecule has 0 aliphatic carbocycles. The molecule has 2 aliphatic rings. The Labute approximate surface area is 148 Å². The molecule has 6 nitrogen and oxygen atoms in total. The lowest BCUT2D eigenvalue weighted by Gasteiger charge is -2.24. The fourth-order valence-electron chi connectivity index (χ4n) is 4.18. The Hall–Kier alpha value is -2.54. The molecule has 2 saturated heterocycles. The normalized spacial score (nSPS) is 24.8. The van der Waals surface area contributed by atoms with Crippen LogP contribution in [-0.2, 0) is 4.79 Å². The van der Waals surface area contributed by atoms with Crippen molar-refractivity contribution in [3.8, 4) is 0 Å². The fourth-order valence-corrected chi connectivity index (χ4v) is 4.71. The van der Waals surface area contributed by atoms with Crippen LogP contribution in [0, 0.1) is 5.92 Å². The Bertz CT molecular complexity index is 928. The molecule has 0 spiro atoms. The van der Waals surface area contributed by atoms with Gasteiger partial charge >= 0.3 is 0 Å². The molecule has 2 aromatic heterocycles. The van der Waals surface area contributed by atoms with Crippen molar-refractivity contribution in [1.29, 1.82) is 0 Å². The fraction of sp³-hybridized carbons (Fsp3) is 0.333. The zero-order valence-electron chi connectivity index (χ0n) is 13.5. The van der Waals surface area contributed by atoms with Gasteiger partial charge in [-0.15, -0.1) is 11.3 Å². The van der Waals surface area contributed by atoms with Crippen LogP contribution >= 0.6 is 11.3 Å². The van der Waals surface area contributed by atoms with Gasteiger partial charge in [-0.25, -0.2) is 9.97 Å². The first kappa shape index (κ1) is 14.8. The summed E-state index contributed by atoms with van der Waals surface area (Å²) >= 11 is 1.45. The summed E-state index contributed by atoms with van der Waals surface area (Å²) in [7, 11) is 0. The number of hydrogen-bond donors (Lipinski definition) is 1. The molecule has 2 aliphatic heterocycles. The predicted octanol–water partition coefficient (Wildman–Crippen LogP) is 3.08. The molecule has 3 atom stereocenters. The number of nitrogens with zero attached hydrogens (tertiary/aromatic N) is 4. The number of anilines is 2. The number of amides is 1. The van der Waals surface area contributed by atoms with E-state index in [1.165, 1.54) is 11.3 Å². The van der Waals surface area contributed by atoms with Gasteiger partial charge in [0.1, 0.15) is 5.82 Å². The van der Waals surface area contributed by atoms with Crippen LogP contribution in [0.5, 0.6) is 0 Å². The van der Waals surface area contributed by atoms with E-state index in [1.54, 1.807) is 6.20 Å². The van der Waals surface area contributed by atoms with Gasteiger partial charge in [0.05, 0.1) is 23.1 Å². The third-order valence-electron chi connectivity index (χ3n) is 5.24. The molecule has 3 aromatic rings. The van der Waals surface area contributed by atoms with Gasteiger partial charge in [0, 0.05) is 23.7 Å². The van der Waals surface area contributed by atoms with E-state index in [2.05, 4.69) is 20.2 Å². The molecule has 0 unspecified atom stereocenters. The van der Waals surface area contributed by atoms with E-state index in [0.29, 0.717) is 11.2 Å². The predicted molar refractivity (Wildman–Crippen MR) is 97.7 cm³/mol. The Morgan fingerprint density at radius 1 is 1.20 bits per heavy atom. The first-order valence-corrected chi connectivity index (χ1v) is 9.38. The van der Waals surface area contributed by atoms with Gasteiger partial charge in [-0.05, 0) is 31.4 Å². The van der Waals surface area contributed by atoms with Crippen molar-refractivity contribution in [2.45, 2.75) is 31.3 Å². The second-order valence-electron chi connectivity index (χ2n) is 6.59. The largest absolute Gasteiger partial charge is 0.349 e. The number of carbonyl (C=O) groups is 1. The maximum absolute atomic E-state index is 12.7. The monoisotopic (exact) mass is 351 g/mol. The lowest BCUT2D eigenvalue weighted by Crippen LogP contribution is -2.35. The lowest BCUT2D eigenvalue weighted by atomic mass is 9.88. The minimum absolute atomic E-state index is 0.0177. The summed E-state index contributed by atoms with van der Waals surface area (Å²) in [5.41, 5.74) is 1.80. The van der Waals surface area contributed by atoms with E-state index < -0.39 is 0 Å². The van der Waals surface area contributed by atoms with Gasteiger partial charge in [-0.2, -0.15) is 0 Å². The van der Waals surface area contributed by atoms with Crippen LogP contribution in [0.1, 0.15) is 19.3 Å². The maximum Gasteiger partial charge on any atom is 0.231 e. The van der Waals surface area contributed by atoms with Crippen LogP contribution in [0.2, 0.25) is 0 Å². The first-order chi connectivity index (χ1) is 12.3. The molecular formula is C18H17N5OS. The molecular weight excluding hydrogens is 334 g/mol. The zero-order valence-corrected chi connectivity index (χ0v) is 14.3. The highest BCUT2D eigenvalue weighted by atomic mass is 32.1. The number of benzene rings is 1. The van der Waals surface area contributed by atoms with Crippen LogP contribution in [0.3, 0.4) is 0 Å². The molecule has 1 amide bonds. The molecule has 2 fully saturated rings. The Morgan fingerprint density at radius 3 is 2.92 bits per heavy atom. The molecule has 0 radical (unpaired) electrons. The van der Waals surface area contributed by atoms with E-state index in [9.17, 15) is 4.79 Å². The standard InChI is InChI=1S/C18H17N5OS/c24-17(22-18-19-7-8-25-18)12-9-11-5-6-15(12)23(11)16-10-20-13-3-1-2-4-14(13)21-16/h1-4,7-8,10-12,15H,5-6,9H2,(H,19,22,24)/t11-,12+,15-/m1/s1. The number of para-hydroxylation sites is 2. The third kappa shape index (κ3) is 2.46. The molecule has 1 aromatic carbocycles. The average molecular weight is 351 g/mol. The van der Waals surface area contributed by atoms with E-state index in [0.717, 1.165) is 36.1 Å². The Balaban J connectivity index is 1.42. The average Bonchev–Trinajstić information content (AvgIpc) is 3.37. The van der Waals surface area contributed by atoms with Crippen LogP contribution in [0.25, 0.3) is 11.0 Å². The van der Waals surface area contributed by atoms with Crippen LogP contribution < -0.4 is 10.2 Å². The topological polar surface area (TPSA) is 71.0 Å². The van der Waals surface area contributed by atoms with Crippen molar-refractivity contribution < 1.29 is 4.79 Å². The second kappa shape index (κ2) is 5.77. The second-order valence-corrected chi connectivity index (χ2v) is 7.49. The van der Waals surface area contributed by atoms with Crippen LogP contribution in [-0.4, -0.2) is 32.9 Å². The summed E-state index contributed by atoms with van der Waals surface area (Å²) in [5.74, 6) is 0.938. The van der Waals surface area contributed by atoms with Crippen molar-refractivity contribution in [3.05, 3.63) is 42.0 Å². The molecule has 7 heteroatoms. The highest BCUT2D eigenvalue weighted by molar-refractivity contribution is 7.13. The van der Waals surface area contributed by atoms with Gasteiger partial charge in [-0.1, -0.05) is 12.1 Å². The summed E-state index contributed by atoms with van der Waals surface area (Å²) in [6.45, 7) is 0. The summed E-state index contributed by atoms with van der Waals surface area (Å²) in [6.07, 6.45) is 6.55. The molecule has 0 saturated carbocycles. The summed E-state index contributed by atoms with van der Waals surface area (Å²) in [6, 6.07) is 8.46. The highest BCUT2D eigenvalue weighted by Crippen LogP contribution is 2.44. The van der Waals surface area contributed by atoms with Gasteiger partial charge in [0.2, 0.25) is 5.91 Å². The summed E-state index contributed by atoms with van der Waals surface area (Å²) < 4.78 is 0. The van der Waals surface area contributed by atoms with Gasteiger partial charge < -0.3 is 10.2 Å². The van der Waals surface area contributed by atoms with Crippen molar-refractivity contribution in [2.75, 3.05) is 10.2 Å². The number of hydrogen-bond acceptors (Lipinski definition) is 6. The number of rotatable bonds is 3. The minimum atomic E-state index is -0.0177. The molecule has 2 bridgehead atoms. The number of carbonyl (C=O) groups excluding carboxylic acids is 1. The molecule has 4 heterocycles. The third-order valence-corrected chi connectivity index (χ3v) is 5.92. The van der Waals surface area contributed by atoms with Crippen molar-refractivity contribution >= 4 is 39.2 Å². The Kier molecular flexibility index (Phi) is 3.41. The zero-order chi connectivity index (χ0) is 16.8. The van der Waals surface area contributed by atoms with Gasteiger partial charge in [0.25, 0.3) is 0 Å². The van der Waals surface area contributed by atoms with E-state index in [1.807, 2.05) is 35.8 Å². The summed E-state index contributed by atoms with van der Waals surface area (Å²) in [4.78, 5) is 28.5.